The zero-order chi connectivity index (χ0) is 71.0. The highest BCUT2D eigenvalue weighted by molar-refractivity contribution is 6.34. The Balaban J connectivity index is 0.000000145. The lowest BCUT2D eigenvalue weighted by atomic mass is 9.89. The zero-order valence-corrected chi connectivity index (χ0v) is 57.1. The molecule has 15 rings (SSSR count). The highest BCUT2D eigenvalue weighted by Gasteiger charge is 2.34. The summed E-state index contributed by atoms with van der Waals surface area (Å²) in [5.41, 5.74) is 27.6. The first-order chi connectivity index (χ1) is 49.4. The molecule has 21 nitrogen and oxygen atoms in total. The van der Waals surface area contributed by atoms with Gasteiger partial charge in [0.1, 0.15) is 18.5 Å². The molecule has 15 N–H and O–H groups in total. The summed E-state index contributed by atoms with van der Waals surface area (Å²) in [7, 11) is 0. The van der Waals surface area contributed by atoms with Crippen LogP contribution in [0.1, 0.15) is 96.3 Å². The Morgan fingerprint density at radius 1 is 0.369 bits per heavy atom. The average molecular weight is 1450 g/mol. The van der Waals surface area contributed by atoms with Crippen LogP contribution >= 0.6 is 34.8 Å². The van der Waals surface area contributed by atoms with Gasteiger partial charge >= 0.3 is 0 Å². The van der Waals surface area contributed by atoms with Crippen LogP contribution in [0.3, 0.4) is 0 Å². The van der Waals surface area contributed by atoms with Gasteiger partial charge in [-0.1, -0.05) is 96.8 Å². The van der Waals surface area contributed by atoms with Crippen molar-refractivity contribution in [1.82, 2.24) is 60.8 Å². The van der Waals surface area contributed by atoms with Crippen molar-refractivity contribution in [2.24, 2.45) is 0 Å². The van der Waals surface area contributed by atoms with E-state index in [1.54, 1.807) is 91.4 Å². The molecule has 530 valence electrons. The molecule has 3 fully saturated rings. The lowest BCUT2D eigenvalue weighted by Crippen LogP contribution is -2.45. The Bertz CT molecular complexity index is 4460. The van der Waals surface area contributed by atoms with Crippen LogP contribution in [-0.4, -0.2) is 117 Å². The number of halogens is 6. The zero-order valence-electron chi connectivity index (χ0n) is 54.8. The number of hydrogen-bond donors (Lipinski definition) is 12. The third-order valence-electron chi connectivity index (χ3n) is 18.2. The fraction of sp³-hybridized carbons (Fsp3) is 0.250. The smallest absolute Gasteiger partial charge is 0.251 e. The SMILES string of the molecule is C.Nc1ccc(C(=O)NC2CC(F)CC(Nc3ncc(Cl)c(-c4c[nH]c5ccccc45)n3)C2)cc1.Nc1ccc(C(=O)N[C@@H]2C[C@H](F)C[C@H](Nc3ncc(Cl)c(-c4c[nH]c5ccccc45)n3)C2)cc1.Nc1ccc(C(=O)N[C@H]2C[C@@H](F)C[C@@H](Nc3ncc(Cl)c(-c4c[nH]c5ccccc45)n3)C2)cc1. The number of aromatic nitrogens is 9. The maximum atomic E-state index is 14.6. The van der Waals surface area contributed by atoms with E-state index < -0.39 is 18.5 Å². The molecule has 9 atom stereocenters. The summed E-state index contributed by atoms with van der Waals surface area (Å²) in [4.78, 5) is 74.2. The number of carbonyl (C=O) groups excluding carboxylic acids is 3. The second-order valence-corrected chi connectivity index (χ2v) is 26.9. The predicted octanol–water partition coefficient (Wildman–Crippen LogP) is 15.5. The highest BCUT2D eigenvalue weighted by Crippen LogP contribution is 2.37. The third kappa shape index (κ3) is 17.7. The number of rotatable bonds is 15. The summed E-state index contributed by atoms with van der Waals surface area (Å²) in [6.45, 7) is 0. The highest BCUT2D eigenvalue weighted by atomic mass is 35.5. The van der Waals surface area contributed by atoms with Gasteiger partial charge in [-0.15, -0.1) is 0 Å². The number of anilines is 6. The van der Waals surface area contributed by atoms with Gasteiger partial charge in [-0.2, -0.15) is 0 Å². The summed E-state index contributed by atoms with van der Waals surface area (Å²) in [6, 6.07) is 42.0. The molecule has 6 aromatic heterocycles. The largest absolute Gasteiger partial charge is 0.399 e. The van der Waals surface area contributed by atoms with Crippen molar-refractivity contribution in [3.63, 3.8) is 0 Å². The van der Waals surface area contributed by atoms with Crippen LogP contribution < -0.4 is 49.1 Å². The number of nitrogens with zero attached hydrogens (tertiary/aromatic N) is 6. The Morgan fingerprint density at radius 2 is 0.621 bits per heavy atom. The molecule has 0 bridgehead atoms. The molecule has 3 saturated carbocycles. The van der Waals surface area contributed by atoms with Crippen molar-refractivity contribution in [2.45, 2.75) is 120 Å². The Hall–Kier alpha value is -11.0. The van der Waals surface area contributed by atoms with Gasteiger partial charge in [-0.3, -0.25) is 14.4 Å². The molecular weight excluding hydrogens is 1380 g/mol. The molecule has 0 spiro atoms. The second kappa shape index (κ2) is 32.4. The number of alkyl halides is 3. The first kappa shape index (κ1) is 71.9. The van der Waals surface area contributed by atoms with Crippen LogP contribution in [-0.2, 0) is 0 Å². The molecule has 103 heavy (non-hydrogen) atoms. The lowest BCUT2D eigenvalue weighted by molar-refractivity contribution is 0.0900. The van der Waals surface area contributed by atoms with Gasteiger partial charge in [-0.25, -0.2) is 43.1 Å². The molecule has 6 heterocycles. The molecule has 6 aromatic carbocycles. The van der Waals surface area contributed by atoms with Gasteiger partial charge in [0.15, 0.2) is 0 Å². The van der Waals surface area contributed by atoms with Crippen molar-refractivity contribution in [3.05, 3.63) is 215 Å². The van der Waals surface area contributed by atoms with Crippen molar-refractivity contribution >= 4 is 120 Å². The molecule has 3 aliphatic rings. The number of aromatic amines is 3. The summed E-state index contributed by atoms with van der Waals surface area (Å²) in [5.74, 6) is 0.360. The van der Waals surface area contributed by atoms with E-state index in [4.69, 9.17) is 52.0 Å². The molecule has 0 radical (unpaired) electrons. The van der Waals surface area contributed by atoms with Gasteiger partial charge in [0.25, 0.3) is 17.7 Å². The van der Waals surface area contributed by atoms with E-state index in [1.165, 1.54) is 0 Å². The molecule has 3 unspecified atom stereocenters. The molecule has 27 heteroatoms. The van der Waals surface area contributed by atoms with E-state index in [-0.39, 0.29) is 80.7 Å². The van der Waals surface area contributed by atoms with E-state index in [2.05, 4.69) is 76.8 Å². The number of benzene rings is 6. The van der Waals surface area contributed by atoms with Gasteiger partial charge in [0.2, 0.25) is 17.8 Å². The van der Waals surface area contributed by atoms with Crippen LogP contribution in [0.5, 0.6) is 0 Å². The number of carbonyl (C=O) groups is 3. The molecule has 12 aromatic rings. The predicted molar refractivity (Wildman–Crippen MR) is 405 cm³/mol. The number of nitrogen functional groups attached to an aromatic ring is 3. The normalized spacial score (nSPS) is 20.0. The summed E-state index contributed by atoms with van der Waals surface area (Å²) in [6.07, 6.45) is 10.4. The maximum absolute atomic E-state index is 14.6. The number of hydrogen-bond acceptors (Lipinski definition) is 15. The molecule has 3 amide bonds. The fourth-order valence-corrected chi connectivity index (χ4v) is 14.0. The van der Waals surface area contributed by atoms with E-state index in [0.29, 0.717) is 122 Å². The number of H-pyrrole nitrogens is 3. The van der Waals surface area contributed by atoms with E-state index >= 15 is 0 Å². The summed E-state index contributed by atoms with van der Waals surface area (Å²) in [5, 5.41) is 22.8. The number of fused-ring (bicyclic) bond motifs is 3. The second-order valence-electron chi connectivity index (χ2n) is 25.7. The first-order valence-electron chi connectivity index (χ1n) is 33.4. The van der Waals surface area contributed by atoms with Crippen LogP contribution in [0.2, 0.25) is 15.1 Å². The Labute approximate surface area is 606 Å². The first-order valence-corrected chi connectivity index (χ1v) is 34.5. The third-order valence-corrected chi connectivity index (χ3v) is 19.1. The molecule has 0 aliphatic heterocycles. The fourth-order valence-electron chi connectivity index (χ4n) is 13.4. The topological polar surface area (TPSA) is 326 Å². The number of para-hydroxylation sites is 3. The van der Waals surface area contributed by atoms with Gasteiger partial charge < -0.3 is 64.1 Å². The minimum absolute atomic E-state index is 0. The van der Waals surface area contributed by atoms with Gasteiger partial charge in [-0.05, 0) is 149 Å². The van der Waals surface area contributed by atoms with E-state index in [0.717, 1.165) is 49.4 Å². The minimum atomic E-state index is -1.05. The van der Waals surface area contributed by atoms with E-state index in [9.17, 15) is 27.6 Å². The quantitative estimate of drug-likeness (QED) is 0.0425. The summed E-state index contributed by atoms with van der Waals surface area (Å²) >= 11 is 19.3. The summed E-state index contributed by atoms with van der Waals surface area (Å²) < 4.78 is 43.7. The number of nitrogens with two attached hydrogens (primary N) is 3. The monoisotopic (exact) mass is 1450 g/mol. The van der Waals surface area contributed by atoms with Crippen LogP contribution in [0.15, 0.2) is 183 Å². The van der Waals surface area contributed by atoms with Gasteiger partial charge in [0.05, 0.1) is 50.7 Å². The molecular formula is C76H76Cl3F3N18O3. The standard InChI is InChI=1S/3C25H24ClFN6O.CH4/c3*26-21-13-30-25(33-23(21)20-12-29-22-4-2-1-3-19(20)22)32-18-10-15(27)9-17(11-18)31-24(34)14-5-7-16(28)8-6-14;/h3*1-8,12-13,15,17-18,29H,9-11,28H2,(H,31,34)(H,30,32,33);1H4/t2*15-,17+,18-;;/m10../s1. The van der Waals surface area contributed by atoms with Crippen LogP contribution in [0.25, 0.3) is 66.5 Å². The van der Waals surface area contributed by atoms with Crippen LogP contribution in [0.4, 0.5) is 48.1 Å². The van der Waals surface area contributed by atoms with Gasteiger partial charge in [0, 0.05) is 138 Å². The minimum Gasteiger partial charge on any atom is -0.399 e. The number of nitrogens with one attached hydrogen (secondary N) is 9. The number of amides is 3. The molecule has 3 aliphatic carbocycles. The Kier molecular flexibility index (Phi) is 22.6. The van der Waals surface area contributed by atoms with Crippen molar-refractivity contribution < 1.29 is 27.6 Å². The van der Waals surface area contributed by atoms with Crippen molar-refractivity contribution in [1.29, 1.82) is 0 Å². The maximum Gasteiger partial charge on any atom is 0.251 e. The van der Waals surface area contributed by atoms with E-state index in [1.807, 2.05) is 91.4 Å². The average Bonchev–Trinajstić information content (AvgIpc) is 1.70. The van der Waals surface area contributed by atoms with Crippen LogP contribution in [0, 0.1) is 0 Å². The molecule has 0 saturated heterocycles. The van der Waals surface area contributed by atoms with Crippen molar-refractivity contribution in [2.75, 3.05) is 33.2 Å². The lowest BCUT2D eigenvalue weighted by Gasteiger charge is -2.32. The Morgan fingerprint density at radius 3 is 0.893 bits per heavy atom. The van der Waals surface area contributed by atoms with Crippen molar-refractivity contribution in [3.8, 4) is 33.8 Å².